The van der Waals surface area contributed by atoms with Crippen LogP contribution in [0.4, 0.5) is 0 Å². The van der Waals surface area contributed by atoms with Crippen LogP contribution in [0.2, 0.25) is 0 Å². The number of ketones is 1. The lowest BCUT2D eigenvalue weighted by Gasteiger charge is -2.41. The Balaban J connectivity index is 1.46. The van der Waals surface area contributed by atoms with E-state index in [0.717, 1.165) is 32.1 Å². The zero-order valence-electron chi connectivity index (χ0n) is 14.4. The molecule has 0 aromatic heterocycles. The predicted molar refractivity (Wildman–Crippen MR) is 96.2 cm³/mol. The van der Waals surface area contributed by atoms with Gasteiger partial charge in [0.05, 0.1) is 10.5 Å². The third-order valence-electron chi connectivity index (χ3n) is 5.34. The van der Waals surface area contributed by atoms with Crippen molar-refractivity contribution in [3.63, 3.8) is 0 Å². The number of carbonyl (C=O) groups excluding carboxylic acids is 2. The molecule has 3 rings (SSSR count). The highest BCUT2D eigenvalue weighted by Gasteiger charge is 2.43. The third-order valence-corrected chi connectivity index (χ3v) is 7.97. The zero-order valence-corrected chi connectivity index (χ0v) is 15.2. The van der Waals surface area contributed by atoms with Crippen molar-refractivity contribution in [3.8, 4) is 0 Å². The van der Waals surface area contributed by atoms with E-state index in [2.05, 4.69) is 0 Å². The fourth-order valence-corrected chi connectivity index (χ4v) is 5.97. The highest BCUT2D eigenvalue weighted by Crippen LogP contribution is 2.30. The molecule has 5 nitrogen and oxygen atoms in total. The molecular weight excluding hydrogens is 338 g/mol. The van der Waals surface area contributed by atoms with Crippen molar-refractivity contribution in [2.45, 2.75) is 55.4 Å². The van der Waals surface area contributed by atoms with Gasteiger partial charge in [0.2, 0.25) is 5.91 Å². The second-order valence-electron chi connectivity index (χ2n) is 7.06. The number of hydrogen-bond acceptors (Lipinski definition) is 4. The molecule has 0 radical (unpaired) electrons. The van der Waals surface area contributed by atoms with Gasteiger partial charge < -0.3 is 4.90 Å². The van der Waals surface area contributed by atoms with Gasteiger partial charge in [0.25, 0.3) is 0 Å². The molecule has 136 valence electrons. The van der Waals surface area contributed by atoms with Crippen molar-refractivity contribution in [1.82, 2.24) is 4.90 Å². The number of amides is 1. The van der Waals surface area contributed by atoms with E-state index >= 15 is 0 Å². The Morgan fingerprint density at radius 1 is 0.920 bits per heavy atom. The normalized spacial score (nSPS) is 19.4. The summed E-state index contributed by atoms with van der Waals surface area (Å²) in [6, 6.07) is 8.91. The van der Waals surface area contributed by atoms with Crippen molar-refractivity contribution in [3.05, 3.63) is 35.9 Å². The second-order valence-corrected chi connectivity index (χ2v) is 9.57. The maximum atomic E-state index is 12.6. The van der Waals surface area contributed by atoms with Crippen LogP contribution in [0.5, 0.6) is 0 Å². The summed E-state index contributed by atoms with van der Waals surface area (Å²) >= 11 is 0. The van der Waals surface area contributed by atoms with Crippen molar-refractivity contribution in [2.75, 3.05) is 13.1 Å². The number of hydrogen-bond donors (Lipinski definition) is 0. The Hall–Kier alpha value is -1.69. The van der Waals surface area contributed by atoms with Gasteiger partial charge in [-0.15, -0.1) is 0 Å². The molecule has 2 aliphatic rings. The first-order valence-electron chi connectivity index (χ1n) is 9.07. The largest absolute Gasteiger partial charge is 0.340 e. The number of sulfone groups is 1. The van der Waals surface area contributed by atoms with Crippen LogP contribution < -0.4 is 0 Å². The van der Waals surface area contributed by atoms with Gasteiger partial charge in [-0.2, -0.15) is 0 Å². The number of rotatable bonds is 6. The first-order valence-corrected chi connectivity index (χ1v) is 10.7. The number of carbonyl (C=O) groups is 2. The fraction of sp³-hybridized carbons (Fsp3) is 0.579. The van der Waals surface area contributed by atoms with Gasteiger partial charge in [-0.3, -0.25) is 9.59 Å². The van der Waals surface area contributed by atoms with Gasteiger partial charge in [0, 0.05) is 31.5 Å². The zero-order chi connectivity index (χ0) is 17.9. The lowest BCUT2D eigenvalue weighted by Crippen LogP contribution is -2.58. The SMILES string of the molecule is O=C(CCC(=O)N1CC(S(=O)(=O)C2CCCCC2)C1)c1ccccc1. The summed E-state index contributed by atoms with van der Waals surface area (Å²) in [6.07, 6.45) is 4.93. The molecule has 1 aromatic carbocycles. The summed E-state index contributed by atoms with van der Waals surface area (Å²) < 4.78 is 25.2. The van der Waals surface area contributed by atoms with Crippen LogP contribution in [0.15, 0.2) is 30.3 Å². The molecule has 1 amide bonds. The van der Waals surface area contributed by atoms with E-state index in [-0.39, 0.29) is 42.9 Å². The van der Waals surface area contributed by atoms with Crippen LogP contribution >= 0.6 is 0 Å². The Kier molecular flexibility index (Phi) is 5.57. The molecule has 0 bridgehead atoms. The minimum atomic E-state index is -3.13. The minimum absolute atomic E-state index is 0.0548. The topological polar surface area (TPSA) is 71.5 Å². The van der Waals surface area contributed by atoms with Crippen LogP contribution in [-0.2, 0) is 14.6 Å². The Labute approximate surface area is 149 Å². The van der Waals surface area contributed by atoms with E-state index in [1.807, 2.05) is 6.07 Å². The molecule has 1 aromatic rings. The Morgan fingerprint density at radius 2 is 1.56 bits per heavy atom. The molecule has 0 atom stereocenters. The Morgan fingerprint density at radius 3 is 2.20 bits per heavy atom. The highest BCUT2D eigenvalue weighted by atomic mass is 32.2. The van der Waals surface area contributed by atoms with E-state index in [0.29, 0.717) is 5.56 Å². The third kappa shape index (κ3) is 4.11. The van der Waals surface area contributed by atoms with E-state index in [9.17, 15) is 18.0 Å². The summed E-state index contributed by atoms with van der Waals surface area (Å²) in [4.78, 5) is 25.8. The first-order chi connectivity index (χ1) is 12.0. The summed E-state index contributed by atoms with van der Waals surface area (Å²) in [6.45, 7) is 0.578. The molecular formula is C19H25NO4S. The molecule has 1 saturated heterocycles. The molecule has 1 saturated carbocycles. The van der Waals surface area contributed by atoms with Crippen LogP contribution in [-0.4, -0.2) is 48.6 Å². The van der Waals surface area contributed by atoms with Gasteiger partial charge in [0.15, 0.2) is 15.6 Å². The molecule has 0 N–H and O–H groups in total. The van der Waals surface area contributed by atoms with Crippen molar-refractivity contribution < 1.29 is 18.0 Å². The highest BCUT2D eigenvalue weighted by molar-refractivity contribution is 7.92. The van der Waals surface area contributed by atoms with Crippen molar-refractivity contribution >= 4 is 21.5 Å². The van der Waals surface area contributed by atoms with Gasteiger partial charge in [-0.05, 0) is 12.8 Å². The summed E-state index contributed by atoms with van der Waals surface area (Å²) in [7, 11) is -3.13. The molecule has 0 unspecified atom stereocenters. The van der Waals surface area contributed by atoms with Gasteiger partial charge in [-0.1, -0.05) is 49.6 Å². The van der Waals surface area contributed by atoms with Gasteiger partial charge >= 0.3 is 0 Å². The number of likely N-dealkylation sites (tertiary alicyclic amines) is 1. The molecule has 6 heteroatoms. The number of benzene rings is 1. The van der Waals surface area contributed by atoms with E-state index in [4.69, 9.17) is 0 Å². The van der Waals surface area contributed by atoms with Crippen LogP contribution in [0.1, 0.15) is 55.3 Å². The standard InChI is InChI=1S/C19H25NO4S/c21-18(15-7-3-1-4-8-15)11-12-19(22)20-13-17(14-20)25(23,24)16-9-5-2-6-10-16/h1,3-4,7-8,16-17H,2,5-6,9-14H2. The van der Waals surface area contributed by atoms with Crippen molar-refractivity contribution in [1.29, 1.82) is 0 Å². The monoisotopic (exact) mass is 363 g/mol. The average molecular weight is 363 g/mol. The fourth-order valence-electron chi connectivity index (χ4n) is 3.66. The molecule has 25 heavy (non-hydrogen) atoms. The van der Waals surface area contributed by atoms with E-state index < -0.39 is 15.1 Å². The molecule has 2 fully saturated rings. The predicted octanol–water partition coefficient (Wildman–Crippen LogP) is 2.61. The quantitative estimate of drug-likeness (QED) is 0.729. The Bertz CT molecular complexity index is 717. The molecule has 0 spiro atoms. The van der Waals surface area contributed by atoms with Crippen LogP contribution in [0, 0.1) is 0 Å². The number of nitrogens with zero attached hydrogens (tertiary/aromatic N) is 1. The van der Waals surface area contributed by atoms with E-state index in [1.165, 1.54) is 0 Å². The smallest absolute Gasteiger partial charge is 0.223 e. The molecule has 1 aliphatic heterocycles. The summed E-state index contributed by atoms with van der Waals surface area (Å²) in [5.74, 6) is -0.180. The number of Topliss-reactive ketones (excluding diaryl/α,β-unsaturated/α-hetero) is 1. The summed E-state index contributed by atoms with van der Waals surface area (Å²) in [5, 5.41) is -0.632. The lowest BCUT2D eigenvalue weighted by molar-refractivity contribution is -0.134. The summed E-state index contributed by atoms with van der Waals surface area (Å²) in [5.41, 5.74) is 0.608. The van der Waals surface area contributed by atoms with Crippen LogP contribution in [0.3, 0.4) is 0 Å². The average Bonchev–Trinajstić information content (AvgIpc) is 2.59. The van der Waals surface area contributed by atoms with Gasteiger partial charge in [0.1, 0.15) is 0 Å². The minimum Gasteiger partial charge on any atom is -0.340 e. The first kappa shape index (κ1) is 18.1. The second kappa shape index (κ2) is 7.68. The molecule has 1 heterocycles. The van der Waals surface area contributed by atoms with Crippen molar-refractivity contribution in [2.24, 2.45) is 0 Å². The maximum absolute atomic E-state index is 12.6. The van der Waals surface area contributed by atoms with Crippen LogP contribution in [0.25, 0.3) is 0 Å². The maximum Gasteiger partial charge on any atom is 0.223 e. The van der Waals surface area contributed by atoms with E-state index in [1.54, 1.807) is 29.2 Å². The molecule has 1 aliphatic carbocycles. The lowest BCUT2D eigenvalue weighted by atomic mass is 10.0. The van der Waals surface area contributed by atoms with Gasteiger partial charge in [-0.25, -0.2) is 8.42 Å².